The third kappa shape index (κ3) is 2.88. The molecule has 2 aliphatic rings. The van der Waals surface area contributed by atoms with Crippen molar-refractivity contribution in [2.24, 2.45) is 0 Å². The molecule has 0 saturated heterocycles. The fraction of sp³-hybridized carbons (Fsp3) is 0.444. The van der Waals surface area contributed by atoms with Crippen molar-refractivity contribution in [1.82, 2.24) is 15.1 Å². The van der Waals surface area contributed by atoms with E-state index in [1.165, 1.54) is 0 Å². The zero-order valence-corrected chi connectivity index (χ0v) is 13.9. The van der Waals surface area contributed by atoms with Gasteiger partial charge in [-0.05, 0) is 50.3 Å². The van der Waals surface area contributed by atoms with Crippen molar-refractivity contribution in [1.29, 1.82) is 0 Å². The smallest absolute Gasteiger partial charge is 0.255 e. The maximum absolute atomic E-state index is 12.7. The summed E-state index contributed by atoms with van der Waals surface area (Å²) >= 11 is 6.13. The number of carbonyl (C=O) groups is 1. The highest BCUT2D eigenvalue weighted by molar-refractivity contribution is 6.30. The second-order valence-electron chi connectivity index (χ2n) is 6.47. The zero-order chi connectivity index (χ0) is 16.0. The molecule has 1 aromatic heterocycles. The van der Waals surface area contributed by atoms with E-state index in [4.69, 9.17) is 16.7 Å². The molecule has 1 N–H and O–H groups in total. The van der Waals surface area contributed by atoms with E-state index >= 15 is 0 Å². The van der Waals surface area contributed by atoms with Crippen LogP contribution in [0.1, 0.15) is 60.3 Å². The van der Waals surface area contributed by atoms with Crippen molar-refractivity contribution in [3.05, 3.63) is 46.2 Å². The molecule has 0 atom stereocenters. The monoisotopic (exact) mass is 329 g/mol. The lowest BCUT2D eigenvalue weighted by Gasteiger charge is -2.08. The van der Waals surface area contributed by atoms with Gasteiger partial charge in [0.1, 0.15) is 0 Å². The summed E-state index contributed by atoms with van der Waals surface area (Å²) in [6.07, 6.45) is 5.20. The minimum Gasteiger partial charge on any atom is -0.349 e. The Labute approximate surface area is 140 Å². The Hall–Kier alpha value is -1.81. The maximum Gasteiger partial charge on any atom is 0.255 e. The molecule has 1 heterocycles. The molecule has 5 heteroatoms. The van der Waals surface area contributed by atoms with E-state index in [1.54, 1.807) is 0 Å². The summed E-state index contributed by atoms with van der Waals surface area (Å²) in [6, 6.07) is 8.00. The number of hydrogen-bond donors (Lipinski definition) is 1. The lowest BCUT2D eigenvalue weighted by atomic mass is 10.1. The quantitative estimate of drug-likeness (QED) is 0.905. The molecule has 1 amide bonds. The molecular weight excluding hydrogens is 310 g/mol. The molecule has 1 aromatic carbocycles. The van der Waals surface area contributed by atoms with Gasteiger partial charge in [-0.1, -0.05) is 24.6 Å². The van der Waals surface area contributed by atoms with Crippen molar-refractivity contribution >= 4 is 17.5 Å². The molecule has 120 valence electrons. The number of benzene rings is 1. The van der Waals surface area contributed by atoms with Gasteiger partial charge in [0.15, 0.2) is 0 Å². The number of rotatable bonds is 5. The Morgan fingerprint density at radius 1 is 1.35 bits per heavy atom. The Bertz CT molecular complexity index is 760. The van der Waals surface area contributed by atoms with E-state index < -0.39 is 0 Å². The third-order valence-electron chi connectivity index (χ3n) is 4.50. The normalized spacial score (nSPS) is 17.3. The van der Waals surface area contributed by atoms with Crippen LogP contribution in [0.5, 0.6) is 0 Å². The van der Waals surface area contributed by atoms with Crippen molar-refractivity contribution in [2.75, 3.05) is 0 Å². The van der Waals surface area contributed by atoms with E-state index in [1.807, 2.05) is 28.9 Å². The molecule has 2 fully saturated rings. The van der Waals surface area contributed by atoms with Gasteiger partial charge in [0.05, 0.1) is 22.6 Å². The number of aromatic nitrogens is 2. The second kappa shape index (κ2) is 5.68. The summed E-state index contributed by atoms with van der Waals surface area (Å²) in [5, 5.41) is 8.60. The summed E-state index contributed by atoms with van der Waals surface area (Å²) in [5.41, 5.74) is 3.65. The first-order valence-electron chi connectivity index (χ1n) is 8.36. The van der Waals surface area contributed by atoms with Crippen molar-refractivity contribution in [3.8, 4) is 5.69 Å². The van der Waals surface area contributed by atoms with Crippen LogP contribution in [-0.4, -0.2) is 21.7 Å². The van der Waals surface area contributed by atoms with Gasteiger partial charge < -0.3 is 5.32 Å². The van der Waals surface area contributed by atoms with Crippen LogP contribution in [-0.2, 0) is 6.42 Å². The molecule has 4 rings (SSSR count). The summed E-state index contributed by atoms with van der Waals surface area (Å²) in [4.78, 5) is 12.7. The van der Waals surface area contributed by atoms with Gasteiger partial charge in [0.25, 0.3) is 5.91 Å². The first-order chi connectivity index (χ1) is 11.2. The number of nitrogens with zero attached hydrogens (tertiary/aromatic N) is 2. The second-order valence-corrected chi connectivity index (χ2v) is 6.91. The molecule has 2 saturated carbocycles. The van der Waals surface area contributed by atoms with Crippen LogP contribution >= 0.6 is 11.6 Å². The SMILES string of the molecule is CCc1c(C(=O)NC2CC2)c(C2CC2)nn1-c1cccc(Cl)c1. The van der Waals surface area contributed by atoms with Crippen LogP contribution in [0.3, 0.4) is 0 Å². The highest BCUT2D eigenvalue weighted by atomic mass is 35.5. The van der Waals surface area contributed by atoms with Crippen LogP contribution in [0.4, 0.5) is 0 Å². The maximum atomic E-state index is 12.7. The van der Waals surface area contributed by atoms with Crippen LogP contribution in [0.15, 0.2) is 24.3 Å². The molecule has 2 aromatic rings. The molecule has 0 unspecified atom stereocenters. The van der Waals surface area contributed by atoms with E-state index in [2.05, 4.69) is 12.2 Å². The average Bonchev–Trinajstić information content (AvgIpc) is 3.45. The first kappa shape index (κ1) is 14.8. The van der Waals surface area contributed by atoms with E-state index in [-0.39, 0.29) is 5.91 Å². The summed E-state index contributed by atoms with van der Waals surface area (Å²) in [7, 11) is 0. The molecule has 0 bridgehead atoms. The van der Waals surface area contributed by atoms with Crippen molar-refractivity contribution in [2.45, 2.75) is 51.0 Å². The summed E-state index contributed by atoms with van der Waals surface area (Å²) < 4.78 is 1.90. The van der Waals surface area contributed by atoms with E-state index in [0.29, 0.717) is 17.0 Å². The molecule has 4 nitrogen and oxygen atoms in total. The predicted molar refractivity (Wildman–Crippen MR) is 90.4 cm³/mol. The molecular formula is C18H20ClN3O. The number of halogens is 1. The van der Waals surface area contributed by atoms with E-state index in [9.17, 15) is 4.79 Å². The average molecular weight is 330 g/mol. The fourth-order valence-electron chi connectivity index (χ4n) is 2.99. The summed E-state index contributed by atoms with van der Waals surface area (Å²) in [5.74, 6) is 0.472. The number of hydrogen-bond acceptors (Lipinski definition) is 2. The number of carbonyl (C=O) groups excluding carboxylic acids is 1. The Morgan fingerprint density at radius 3 is 2.74 bits per heavy atom. The minimum atomic E-state index is 0.0412. The van der Waals surface area contributed by atoms with Crippen LogP contribution < -0.4 is 5.32 Å². The Morgan fingerprint density at radius 2 is 2.13 bits per heavy atom. The number of nitrogens with one attached hydrogen (secondary N) is 1. The lowest BCUT2D eigenvalue weighted by Crippen LogP contribution is -2.27. The largest absolute Gasteiger partial charge is 0.349 e. The number of amides is 1. The van der Waals surface area contributed by atoms with Gasteiger partial charge in [-0.2, -0.15) is 5.10 Å². The predicted octanol–water partition coefficient (Wildman–Crippen LogP) is 3.86. The van der Waals surface area contributed by atoms with Gasteiger partial charge in [-0.3, -0.25) is 4.79 Å². The highest BCUT2D eigenvalue weighted by Crippen LogP contribution is 2.42. The standard InChI is InChI=1S/C18H20ClN3O/c1-2-15-16(18(23)20-13-8-9-13)17(11-6-7-11)21-22(15)14-5-3-4-12(19)10-14/h3-5,10-11,13H,2,6-9H2,1H3,(H,20,23). The van der Waals surface area contributed by atoms with Crippen LogP contribution in [0.2, 0.25) is 5.02 Å². The molecule has 0 spiro atoms. The minimum absolute atomic E-state index is 0.0412. The van der Waals surface area contributed by atoms with Gasteiger partial charge in [0.2, 0.25) is 0 Å². The highest BCUT2D eigenvalue weighted by Gasteiger charge is 2.35. The van der Waals surface area contributed by atoms with Gasteiger partial charge in [-0.25, -0.2) is 4.68 Å². The summed E-state index contributed by atoms with van der Waals surface area (Å²) in [6.45, 7) is 2.07. The lowest BCUT2D eigenvalue weighted by molar-refractivity contribution is 0.0949. The van der Waals surface area contributed by atoms with Crippen LogP contribution in [0.25, 0.3) is 5.69 Å². The topological polar surface area (TPSA) is 46.9 Å². The van der Waals surface area contributed by atoms with Gasteiger partial charge in [0, 0.05) is 17.0 Å². The molecule has 2 aliphatic carbocycles. The molecule has 0 aliphatic heterocycles. The van der Waals surface area contributed by atoms with Crippen molar-refractivity contribution in [3.63, 3.8) is 0 Å². The van der Waals surface area contributed by atoms with Crippen molar-refractivity contribution < 1.29 is 4.79 Å². The van der Waals surface area contributed by atoms with Gasteiger partial charge >= 0.3 is 0 Å². The third-order valence-corrected chi connectivity index (χ3v) is 4.73. The van der Waals surface area contributed by atoms with E-state index in [0.717, 1.165) is 54.7 Å². The Kier molecular flexibility index (Phi) is 3.64. The Balaban J connectivity index is 1.81. The first-order valence-corrected chi connectivity index (χ1v) is 8.73. The zero-order valence-electron chi connectivity index (χ0n) is 13.2. The molecule has 23 heavy (non-hydrogen) atoms. The van der Waals surface area contributed by atoms with Gasteiger partial charge in [-0.15, -0.1) is 0 Å². The molecule has 0 radical (unpaired) electrons. The fourth-order valence-corrected chi connectivity index (χ4v) is 3.18. The van der Waals surface area contributed by atoms with Crippen LogP contribution in [0, 0.1) is 0 Å².